The molecule has 11 heteroatoms. The van der Waals surface area contributed by atoms with Gasteiger partial charge >= 0.3 is 11.9 Å². The van der Waals surface area contributed by atoms with E-state index in [4.69, 9.17) is 21.3 Å². The fourth-order valence-electron chi connectivity index (χ4n) is 3.66. The monoisotopic (exact) mass is 513 g/mol. The quantitative estimate of drug-likeness (QED) is 0.0799. The molecule has 2 amide bonds. The zero-order valence-electron chi connectivity index (χ0n) is 22.1. The summed E-state index contributed by atoms with van der Waals surface area (Å²) in [6.45, 7) is 4.68. The topological polar surface area (TPSA) is 186 Å². The Morgan fingerprint density at radius 1 is 1.06 bits per heavy atom. The van der Waals surface area contributed by atoms with Crippen LogP contribution in [0.3, 0.4) is 0 Å². The van der Waals surface area contributed by atoms with E-state index >= 15 is 0 Å². The molecule has 2 atom stereocenters. The number of amides is 2. The summed E-state index contributed by atoms with van der Waals surface area (Å²) in [6.07, 6.45) is 13.1. The number of nitrogens with two attached hydrogens (primary N) is 2. The van der Waals surface area contributed by atoms with Gasteiger partial charge in [0.1, 0.15) is 12.1 Å². The molecule has 36 heavy (non-hydrogen) atoms. The molecule has 208 valence electrons. The van der Waals surface area contributed by atoms with Crippen LogP contribution in [-0.4, -0.2) is 60.1 Å². The van der Waals surface area contributed by atoms with E-state index in [1.54, 1.807) is 6.92 Å². The number of esters is 1. The van der Waals surface area contributed by atoms with Crippen molar-refractivity contribution in [1.29, 1.82) is 0 Å². The van der Waals surface area contributed by atoms with Crippen LogP contribution in [0.5, 0.6) is 0 Å². The number of aliphatic carboxylic acids is 1. The Bertz CT molecular complexity index is 682. The van der Waals surface area contributed by atoms with Crippen molar-refractivity contribution in [2.45, 2.75) is 116 Å². The number of carboxylic acid groups (broad SMARTS) is 1. The maximum atomic E-state index is 12.1. The Balaban J connectivity index is 0.00000113. The Kier molecular flexibility index (Phi) is 19.7. The summed E-state index contributed by atoms with van der Waals surface area (Å²) >= 11 is 0. The van der Waals surface area contributed by atoms with Crippen molar-refractivity contribution < 1.29 is 29.0 Å². The Labute approximate surface area is 215 Å². The molecule has 0 spiro atoms. The molecule has 1 aliphatic rings. The largest absolute Gasteiger partial charge is 0.480 e. The number of guanidine groups is 1. The number of aliphatic imine (C=N–C) groups is 1. The smallest absolute Gasteiger partial charge is 0.328 e. The second-order valence-corrected chi connectivity index (χ2v) is 8.90. The number of nitrogens with one attached hydrogen (secondary N) is 2. The summed E-state index contributed by atoms with van der Waals surface area (Å²) in [5.41, 5.74) is 10.6. The van der Waals surface area contributed by atoms with Crippen LogP contribution in [0.15, 0.2) is 4.99 Å². The van der Waals surface area contributed by atoms with Crippen LogP contribution < -0.4 is 22.1 Å². The third kappa shape index (κ3) is 18.5. The minimum absolute atomic E-state index is 0.0251. The number of carboxylic acids is 1. The predicted molar refractivity (Wildman–Crippen MR) is 139 cm³/mol. The van der Waals surface area contributed by atoms with Crippen LogP contribution in [-0.2, 0) is 23.9 Å². The summed E-state index contributed by atoms with van der Waals surface area (Å²) in [7, 11) is 0. The normalized spacial score (nSPS) is 15.2. The lowest BCUT2D eigenvalue weighted by Gasteiger charge is -2.17. The van der Waals surface area contributed by atoms with Crippen LogP contribution >= 0.6 is 0 Å². The number of unbranched alkanes of at least 4 members (excludes halogenated alkanes) is 8. The van der Waals surface area contributed by atoms with Gasteiger partial charge in [0.25, 0.3) is 0 Å². The third-order valence-electron chi connectivity index (χ3n) is 5.65. The van der Waals surface area contributed by atoms with Crippen molar-refractivity contribution in [2.24, 2.45) is 16.5 Å². The molecule has 0 aliphatic carbocycles. The molecule has 2 unspecified atom stereocenters. The SMILES string of the molecule is CCCCCCCCCCCC(=O)NC(CCCN=C(N)N)C(=O)OCC.O=C1CCC(C(=O)O)N1. The second kappa shape index (κ2) is 21.4. The molecule has 1 fully saturated rings. The van der Waals surface area contributed by atoms with Crippen LogP contribution in [0.2, 0.25) is 0 Å². The lowest BCUT2D eigenvalue weighted by Crippen LogP contribution is -2.42. The number of ether oxygens (including phenoxy) is 1. The molecule has 0 aromatic heterocycles. The number of hydrogen-bond donors (Lipinski definition) is 5. The van der Waals surface area contributed by atoms with Gasteiger partial charge in [-0.3, -0.25) is 14.6 Å². The van der Waals surface area contributed by atoms with Gasteiger partial charge < -0.3 is 31.9 Å². The predicted octanol–water partition coefficient (Wildman–Crippen LogP) is 2.36. The molecule has 0 radical (unpaired) electrons. The van der Waals surface area contributed by atoms with E-state index in [1.807, 2.05) is 0 Å². The zero-order chi connectivity index (χ0) is 27.2. The highest BCUT2D eigenvalue weighted by Gasteiger charge is 2.26. The number of nitrogens with zero attached hydrogens (tertiary/aromatic N) is 1. The lowest BCUT2D eigenvalue weighted by molar-refractivity contribution is -0.147. The summed E-state index contributed by atoms with van der Waals surface area (Å²) in [6, 6.07) is -1.28. The van der Waals surface area contributed by atoms with Gasteiger partial charge in [-0.2, -0.15) is 0 Å². The second-order valence-electron chi connectivity index (χ2n) is 8.90. The molecular formula is C25H47N5O6. The van der Waals surface area contributed by atoms with Gasteiger partial charge in [0.15, 0.2) is 5.96 Å². The van der Waals surface area contributed by atoms with Gasteiger partial charge in [0.05, 0.1) is 6.61 Å². The first-order valence-electron chi connectivity index (χ1n) is 13.2. The summed E-state index contributed by atoms with van der Waals surface area (Å²) in [5.74, 6) is -1.58. The summed E-state index contributed by atoms with van der Waals surface area (Å²) in [4.78, 5) is 48.5. The molecular weight excluding hydrogens is 466 g/mol. The van der Waals surface area contributed by atoms with Crippen LogP contribution in [0.25, 0.3) is 0 Å². The molecule has 0 bridgehead atoms. The van der Waals surface area contributed by atoms with Gasteiger partial charge in [-0.25, -0.2) is 9.59 Å². The first kappa shape index (κ1) is 33.1. The van der Waals surface area contributed by atoms with Crippen molar-refractivity contribution in [3.05, 3.63) is 0 Å². The summed E-state index contributed by atoms with van der Waals surface area (Å²) in [5, 5.41) is 13.4. The minimum atomic E-state index is -0.944. The van der Waals surface area contributed by atoms with Crippen molar-refractivity contribution in [2.75, 3.05) is 13.2 Å². The molecule has 1 heterocycles. The van der Waals surface area contributed by atoms with E-state index < -0.39 is 24.0 Å². The molecule has 0 aromatic rings. The highest BCUT2D eigenvalue weighted by molar-refractivity contribution is 5.87. The van der Waals surface area contributed by atoms with Gasteiger partial charge in [0.2, 0.25) is 11.8 Å². The number of carbonyl (C=O) groups excluding carboxylic acids is 3. The molecule has 0 saturated carbocycles. The molecule has 11 nitrogen and oxygen atoms in total. The first-order chi connectivity index (χ1) is 17.2. The van der Waals surface area contributed by atoms with Gasteiger partial charge in [-0.1, -0.05) is 58.3 Å². The fourth-order valence-corrected chi connectivity index (χ4v) is 3.66. The molecule has 0 aromatic carbocycles. The zero-order valence-corrected chi connectivity index (χ0v) is 22.1. The maximum Gasteiger partial charge on any atom is 0.328 e. The standard InChI is InChI=1S/C20H40N4O3.C5H7NO3/c1-3-5-6-7-8-9-10-11-12-15-18(25)24-17(19(26)27-4-2)14-13-16-23-20(21)22;7-4-2-1-3(6-4)5(8)9/h17H,3-16H2,1-2H3,(H,24,25)(H4,21,22,23);3H,1-2H2,(H,6,7)(H,8,9). The van der Waals surface area contributed by atoms with Gasteiger partial charge in [0, 0.05) is 19.4 Å². The number of carbonyl (C=O) groups is 4. The molecule has 1 aliphatic heterocycles. The van der Waals surface area contributed by atoms with Gasteiger partial charge in [-0.05, 0) is 32.6 Å². The summed E-state index contributed by atoms with van der Waals surface area (Å²) < 4.78 is 5.04. The van der Waals surface area contributed by atoms with Crippen molar-refractivity contribution >= 4 is 29.7 Å². The van der Waals surface area contributed by atoms with Crippen molar-refractivity contribution in [3.63, 3.8) is 0 Å². The molecule has 7 N–H and O–H groups in total. The van der Waals surface area contributed by atoms with Crippen molar-refractivity contribution in [1.82, 2.24) is 10.6 Å². The third-order valence-corrected chi connectivity index (χ3v) is 5.65. The maximum absolute atomic E-state index is 12.1. The van der Waals surface area contributed by atoms with Crippen LogP contribution in [0.4, 0.5) is 0 Å². The Hall–Kier alpha value is -2.85. The Morgan fingerprint density at radius 3 is 2.14 bits per heavy atom. The highest BCUT2D eigenvalue weighted by atomic mass is 16.5. The van der Waals surface area contributed by atoms with Crippen LogP contribution in [0.1, 0.15) is 104 Å². The lowest BCUT2D eigenvalue weighted by atomic mass is 10.1. The van der Waals surface area contributed by atoms with E-state index in [1.165, 1.54) is 44.9 Å². The molecule has 1 rings (SSSR count). The highest BCUT2D eigenvalue weighted by Crippen LogP contribution is 2.11. The fraction of sp³-hybridized carbons (Fsp3) is 0.800. The van der Waals surface area contributed by atoms with Gasteiger partial charge in [-0.15, -0.1) is 0 Å². The average Bonchev–Trinajstić information content (AvgIpc) is 3.27. The minimum Gasteiger partial charge on any atom is -0.480 e. The number of rotatable bonds is 18. The number of hydrogen-bond acceptors (Lipinski definition) is 6. The van der Waals surface area contributed by atoms with E-state index in [0.717, 1.165) is 12.8 Å². The van der Waals surface area contributed by atoms with E-state index in [2.05, 4.69) is 22.5 Å². The van der Waals surface area contributed by atoms with E-state index in [9.17, 15) is 19.2 Å². The van der Waals surface area contributed by atoms with Crippen LogP contribution in [0, 0.1) is 0 Å². The van der Waals surface area contributed by atoms with E-state index in [0.29, 0.717) is 38.6 Å². The average molecular weight is 514 g/mol. The molecule has 1 saturated heterocycles. The first-order valence-corrected chi connectivity index (χ1v) is 13.2. The van der Waals surface area contributed by atoms with Crippen molar-refractivity contribution in [3.8, 4) is 0 Å². The Morgan fingerprint density at radius 2 is 1.67 bits per heavy atom. The van der Waals surface area contributed by atoms with E-state index in [-0.39, 0.29) is 24.4 Å².